The van der Waals surface area contributed by atoms with Gasteiger partial charge in [0.15, 0.2) is 0 Å². The van der Waals surface area contributed by atoms with Crippen LogP contribution in [0.5, 0.6) is 5.75 Å². The van der Waals surface area contributed by atoms with Crippen LogP contribution in [-0.4, -0.2) is 29.0 Å². The van der Waals surface area contributed by atoms with Gasteiger partial charge in [-0.05, 0) is 94.3 Å². The van der Waals surface area contributed by atoms with Crippen LogP contribution in [0, 0.1) is 19.9 Å². The molecule has 10 rings (SSSR count). The Balaban J connectivity index is 0.00000548. The summed E-state index contributed by atoms with van der Waals surface area (Å²) in [5, 5.41) is 13.4. The van der Waals surface area contributed by atoms with Crippen LogP contribution in [0.15, 0.2) is 133 Å². The summed E-state index contributed by atoms with van der Waals surface area (Å²) in [6.07, 6.45) is 0. The fourth-order valence-electron chi connectivity index (χ4n) is 9.41. The van der Waals surface area contributed by atoms with Gasteiger partial charge in [-0.25, -0.2) is 4.98 Å². The smallest absolute Gasteiger partial charge is 0.148 e. The topological polar surface area (TPSA) is 68.2 Å². The van der Waals surface area contributed by atoms with Crippen molar-refractivity contribution < 1.29 is 26.2 Å². The zero-order chi connectivity index (χ0) is 45.7. The first-order chi connectivity index (χ1) is 30.9. The second kappa shape index (κ2) is 16.2. The van der Waals surface area contributed by atoms with E-state index < -0.39 is 0 Å². The molecule has 0 aliphatic carbocycles. The summed E-state index contributed by atoms with van der Waals surface area (Å²) in [5.41, 5.74) is 17.0. The number of nitrogens with zero attached hydrogens (tertiary/aromatic N) is 5. The number of benzene rings is 7. The summed E-state index contributed by atoms with van der Waals surface area (Å²) in [7, 11) is 0. The fourth-order valence-corrected chi connectivity index (χ4v) is 9.41. The van der Waals surface area contributed by atoms with Gasteiger partial charge in [0.05, 0.1) is 39.0 Å². The average molecular weight is 1050 g/mol. The van der Waals surface area contributed by atoms with E-state index in [1.54, 1.807) is 0 Å². The summed E-state index contributed by atoms with van der Waals surface area (Å²) in [6.45, 7) is 24.2. The molecule has 0 atom stereocenters. The van der Waals surface area contributed by atoms with Crippen molar-refractivity contribution in [2.24, 2.45) is 0 Å². The number of phenols is 1. The number of imidazole rings is 2. The largest absolute Gasteiger partial charge is 0.507 e. The van der Waals surface area contributed by atoms with Gasteiger partial charge in [0, 0.05) is 43.3 Å². The molecule has 1 N–H and O–H groups in total. The molecule has 0 aliphatic heterocycles. The summed E-state index contributed by atoms with van der Waals surface area (Å²) >= 11 is 0. The molecule has 0 radical (unpaired) electrons. The Kier molecular flexibility index (Phi) is 11.0. The van der Waals surface area contributed by atoms with Crippen LogP contribution in [0.1, 0.15) is 90.1 Å². The Morgan fingerprint density at radius 1 is 0.530 bits per heavy atom. The van der Waals surface area contributed by atoms with E-state index in [9.17, 15) is 5.11 Å². The maximum Gasteiger partial charge on any atom is 0.148 e. The van der Waals surface area contributed by atoms with Gasteiger partial charge in [-0.15, -0.1) is 23.8 Å². The third-order valence-corrected chi connectivity index (χ3v) is 13.0. The van der Waals surface area contributed by atoms with Crippen molar-refractivity contribution in [2.45, 2.75) is 92.4 Å². The Hall–Kier alpha value is -6.36. The number of aryl methyl sites for hydroxylation is 2. The summed E-state index contributed by atoms with van der Waals surface area (Å²) in [5.74, 6) is 1.78. The normalized spacial score (nSPS) is 12.4. The summed E-state index contributed by atoms with van der Waals surface area (Å²) in [6, 6.07) is 50.8. The molecule has 0 spiro atoms. The number of hydrogen-bond donors (Lipinski definition) is 1. The summed E-state index contributed by atoms with van der Waals surface area (Å²) < 4.78 is 4.46. The van der Waals surface area contributed by atoms with Gasteiger partial charge in [-0.2, -0.15) is 0 Å². The molecule has 0 saturated carbocycles. The first kappa shape index (κ1) is 44.8. The number of aromatic hydroxyl groups is 1. The van der Waals surface area contributed by atoms with E-state index in [1.165, 1.54) is 5.56 Å². The van der Waals surface area contributed by atoms with E-state index in [0.717, 1.165) is 100 Å². The van der Waals surface area contributed by atoms with Crippen LogP contribution in [-0.2, 0) is 37.3 Å². The Labute approximate surface area is 402 Å². The molecule has 0 amide bonds. The minimum absolute atomic E-state index is 0. The van der Waals surface area contributed by atoms with Crippen LogP contribution in [0.25, 0.3) is 89.3 Å². The molecule has 7 aromatic carbocycles. The molecule has 3 heterocycles. The molecule has 66 heavy (non-hydrogen) atoms. The minimum Gasteiger partial charge on any atom is -0.507 e. The molecule has 0 bridgehead atoms. The van der Waals surface area contributed by atoms with Gasteiger partial charge < -0.3 is 9.51 Å². The number of fused-ring (bicyclic) bond motifs is 6. The SMILES string of the molecule is Cc1cccc(C)c1-c1nc2ccc(-c3cccc4c3nc(-c3cc(C(C)(C)C)cc(C(C)(C)C)c3O)n4-c3ccc(C(C)(C)C)cc3-c3ccccc3)[c-]c2c2nc3ccccc3n12.[Pt]. The molecular weight excluding hydrogens is 990 g/mol. The van der Waals surface area contributed by atoms with Crippen molar-refractivity contribution in [3.8, 4) is 56.5 Å². The van der Waals surface area contributed by atoms with Gasteiger partial charge in [-0.3, -0.25) is 14.5 Å². The van der Waals surface area contributed by atoms with E-state index in [1.807, 2.05) is 6.07 Å². The van der Waals surface area contributed by atoms with E-state index in [-0.39, 0.29) is 43.1 Å². The standard InChI is InChI=1S/C59H56N5O.Pt/c1-35-19-17-20-36(2)51(35)56-60-46-29-27-38(31-43(46)54-61-47-24-15-16-25-49(47)64(54)56)41-23-18-26-50-52(41)62-55(44-33-40(58(6,7)8)34-45(53(44)65)59(9,10)11)63(50)48-30-28-39(57(3,4)5)32-42(48)37-21-13-12-14-22-37;/h12-30,32-34,65H,1-11H3;/q-1;. The molecule has 6 nitrogen and oxygen atoms in total. The Morgan fingerprint density at radius 3 is 1.88 bits per heavy atom. The molecule has 0 fully saturated rings. The molecule has 3 aromatic heterocycles. The molecule has 0 saturated heterocycles. The van der Waals surface area contributed by atoms with Gasteiger partial charge in [0.25, 0.3) is 0 Å². The van der Waals surface area contributed by atoms with Gasteiger partial charge >= 0.3 is 0 Å². The number of hydrogen-bond acceptors (Lipinski definition) is 4. The van der Waals surface area contributed by atoms with E-state index in [4.69, 9.17) is 15.0 Å². The second-order valence-corrected chi connectivity index (χ2v) is 20.8. The number of phenolic OH excluding ortho intramolecular Hbond substituents is 1. The summed E-state index contributed by atoms with van der Waals surface area (Å²) in [4.78, 5) is 16.3. The Bertz CT molecular complexity index is 3500. The maximum absolute atomic E-state index is 12.5. The van der Waals surface area contributed by atoms with Crippen LogP contribution >= 0.6 is 0 Å². The monoisotopic (exact) mass is 1050 g/mol. The van der Waals surface area contributed by atoms with Crippen molar-refractivity contribution in [1.29, 1.82) is 0 Å². The van der Waals surface area contributed by atoms with Crippen LogP contribution in [0.3, 0.4) is 0 Å². The van der Waals surface area contributed by atoms with Crippen molar-refractivity contribution in [3.63, 3.8) is 0 Å². The fraction of sp³-hybridized carbons (Fsp3) is 0.237. The van der Waals surface area contributed by atoms with Gasteiger partial charge in [-0.1, -0.05) is 158 Å². The molecule has 334 valence electrons. The quantitative estimate of drug-likeness (QED) is 0.174. The molecular formula is C59H56N5OPt-. The Morgan fingerprint density at radius 2 is 1.18 bits per heavy atom. The van der Waals surface area contributed by atoms with E-state index in [0.29, 0.717) is 11.4 Å². The van der Waals surface area contributed by atoms with Crippen molar-refractivity contribution in [1.82, 2.24) is 23.9 Å². The number of rotatable bonds is 5. The van der Waals surface area contributed by atoms with Crippen molar-refractivity contribution in [3.05, 3.63) is 167 Å². The first-order valence-electron chi connectivity index (χ1n) is 22.7. The number of aromatic nitrogens is 5. The van der Waals surface area contributed by atoms with Crippen LogP contribution < -0.4 is 0 Å². The average Bonchev–Trinajstić information content (AvgIpc) is 3.85. The predicted molar refractivity (Wildman–Crippen MR) is 270 cm³/mol. The third kappa shape index (κ3) is 7.54. The van der Waals surface area contributed by atoms with Crippen molar-refractivity contribution >= 4 is 38.6 Å². The third-order valence-electron chi connectivity index (χ3n) is 13.0. The zero-order valence-electron chi connectivity index (χ0n) is 39.7. The molecule has 10 aromatic rings. The molecule has 0 aliphatic rings. The first-order valence-corrected chi connectivity index (χ1v) is 22.7. The predicted octanol–water partition coefficient (Wildman–Crippen LogP) is 15.1. The van der Waals surface area contributed by atoms with Crippen LogP contribution in [0.2, 0.25) is 0 Å². The van der Waals surface area contributed by atoms with E-state index in [2.05, 4.69) is 219 Å². The minimum atomic E-state index is -0.333. The van der Waals surface area contributed by atoms with Crippen LogP contribution in [0.4, 0.5) is 0 Å². The molecule has 7 heteroatoms. The van der Waals surface area contributed by atoms with E-state index >= 15 is 0 Å². The van der Waals surface area contributed by atoms with Gasteiger partial charge in [0.2, 0.25) is 0 Å². The second-order valence-electron chi connectivity index (χ2n) is 20.8. The molecule has 0 unspecified atom stereocenters. The van der Waals surface area contributed by atoms with Gasteiger partial charge in [0.1, 0.15) is 17.4 Å². The number of para-hydroxylation sites is 3. The van der Waals surface area contributed by atoms with Crippen molar-refractivity contribution in [2.75, 3.05) is 0 Å². The zero-order valence-corrected chi connectivity index (χ0v) is 42.0. The maximum atomic E-state index is 12.5.